The molecule has 0 bridgehead atoms. The summed E-state index contributed by atoms with van der Waals surface area (Å²) >= 11 is 0. The molecule has 2 aliphatic rings. The van der Waals surface area contributed by atoms with Gasteiger partial charge < -0.3 is 15.2 Å². The van der Waals surface area contributed by atoms with Crippen molar-refractivity contribution in [2.24, 2.45) is 11.3 Å². The van der Waals surface area contributed by atoms with Crippen molar-refractivity contribution in [2.45, 2.75) is 32.2 Å². The van der Waals surface area contributed by atoms with Gasteiger partial charge in [0, 0.05) is 19.0 Å². The van der Waals surface area contributed by atoms with Crippen molar-refractivity contribution >= 4 is 5.91 Å². The third kappa shape index (κ3) is 4.56. The predicted octanol–water partition coefficient (Wildman–Crippen LogP) is 3.36. The summed E-state index contributed by atoms with van der Waals surface area (Å²) in [6.07, 6.45) is 4.00. The quantitative estimate of drug-likeness (QED) is 0.756. The number of ether oxygens (including phenoxy) is 1. The van der Waals surface area contributed by atoms with E-state index in [-0.39, 0.29) is 17.2 Å². The lowest BCUT2D eigenvalue weighted by molar-refractivity contribution is -0.123. The Balaban J connectivity index is 1.21. The van der Waals surface area contributed by atoms with Crippen molar-refractivity contribution in [3.63, 3.8) is 0 Å². The second kappa shape index (κ2) is 8.46. The third-order valence-electron chi connectivity index (χ3n) is 6.59. The van der Waals surface area contributed by atoms with Gasteiger partial charge in [0.1, 0.15) is 11.5 Å². The summed E-state index contributed by atoms with van der Waals surface area (Å²) < 4.78 is 5.38. The van der Waals surface area contributed by atoms with Crippen LogP contribution in [-0.2, 0) is 17.8 Å². The summed E-state index contributed by atoms with van der Waals surface area (Å²) in [4.78, 5) is 15.1. The fraction of sp³-hybridized carbons (Fsp3) is 0.458. The normalized spacial score (nSPS) is 20.4. The molecule has 5 nitrogen and oxygen atoms in total. The Morgan fingerprint density at radius 3 is 2.62 bits per heavy atom. The predicted molar refractivity (Wildman–Crippen MR) is 113 cm³/mol. The van der Waals surface area contributed by atoms with Crippen LogP contribution in [-0.4, -0.2) is 42.7 Å². The molecule has 0 radical (unpaired) electrons. The molecular weight excluding hydrogens is 364 g/mol. The largest absolute Gasteiger partial charge is 0.508 e. The topological polar surface area (TPSA) is 61.8 Å². The molecule has 0 aromatic heterocycles. The van der Waals surface area contributed by atoms with E-state index < -0.39 is 0 Å². The van der Waals surface area contributed by atoms with Gasteiger partial charge in [-0.15, -0.1) is 0 Å². The highest BCUT2D eigenvalue weighted by molar-refractivity contribution is 5.82. The first-order valence-corrected chi connectivity index (χ1v) is 10.5. The van der Waals surface area contributed by atoms with Gasteiger partial charge in [0.25, 0.3) is 0 Å². The van der Waals surface area contributed by atoms with Crippen LogP contribution >= 0.6 is 0 Å². The Hall–Kier alpha value is -2.53. The molecule has 1 saturated carbocycles. The van der Waals surface area contributed by atoms with Gasteiger partial charge in [-0.05, 0) is 73.5 Å². The number of phenolic OH excluding ortho intramolecular Hbond substituents is 1. The number of nitrogens with one attached hydrogen (secondary N) is 1. The number of hydrogen-bond donors (Lipinski definition) is 2. The maximum Gasteiger partial charge on any atom is 0.223 e. The van der Waals surface area contributed by atoms with E-state index in [0.29, 0.717) is 12.3 Å². The number of nitrogens with zero attached hydrogens (tertiary/aromatic N) is 1. The average molecular weight is 395 g/mol. The lowest BCUT2D eigenvalue weighted by Crippen LogP contribution is -2.37. The summed E-state index contributed by atoms with van der Waals surface area (Å²) in [7, 11) is 1.68. The van der Waals surface area contributed by atoms with Crippen LogP contribution in [0.15, 0.2) is 48.5 Å². The van der Waals surface area contributed by atoms with Crippen LogP contribution in [0.1, 0.15) is 30.4 Å². The van der Waals surface area contributed by atoms with Crippen molar-refractivity contribution in [2.75, 3.05) is 26.7 Å². The molecule has 2 N–H and O–H groups in total. The highest BCUT2D eigenvalue weighted by Gasteiger charge is 2.58. The summed E-state index contributed by atoms with van der Waals surface area (Å²) in [5.41, 5.74) is 2.57. The highest BCUT2D eigenvalue weighted by Crippen LogP contribution is 2.59. The highest BCUT2D eigenvalue weighted by atomic mass is 16.5. The van der Waals surface area contributed by atoms with Crippen LogP contribution in [0.3, 0.4) is 0 Å². The molecule has 1 spiro atoms. The number of piperidine rings is 1. The van der Waals surface area contributed by atoms with Gasteiger partial charge in [0.05, 0.1) is 7.11 Å². The van der Waals surface area contributed by atoms with Gasteiger partial charge >= 0.3 is 0 Å². The van der Waals surface area contributed by atoms with E-state index >= 15 is 0 Å². The SMILES string of the molecule is COc1ccccc1CCNC(=O)[C@H]1CC12CCN(Cc1ccc(O)cc1)CC2. The van der Waals surface area contributed by atoms with Crippen LogP contribution in [0.2, 0.25) is 0 Å². The Kier molecular flexibility index (Phi) is 5.76. The fourth-order valence-electron chi connectivity index (χ4n) is 4.64. The Bertz CT molecular complexity index is 841. The van der Waals surface area contributed by atoms with Gasteiger partial charge in [-0.1, -0.05) is 30.3 Å². The number of aromatic hydroxyl groups is 1. The molecule has 2 aromatic rings. The number of rotatable bonds is 7. The van der Waals surface area contributed by atoms with Gasteiger partial charge in [-0.3, -0.25) is 9.69 Å². The molecule has 1 atom stereocenters. The molecule has 5 heteroatoms. The number of phenols is 1. The first-order valence-electron chi connectivity index (χ1n) is 10.5. The zero-order valence-electron chi connectivity index (χ0n) is 17.1. The number of para-hydroxylation sites is 1. The van der Waals surface area contributed by atoms with E-state index in [9.17, 15) is 9.90 Å². The van der Waals surface area contributed by atoms with Gasteiger partial charge in [0.2, 0.25) is 5.91 Å². The second-order valence-corrected chi connectivity index (χ2v) is 8.41. The lowest BCUT2D eigenvalue weighted by atomic mass is 9.90. The summed E-state index contributed by atoms with van der Waals surface area (Å²) in [6, 6.07) is 15.4. The molecule has 2 aromatic carbocycles. The standard InChI is InChI=1S/C24H30N2O3/c1-29-22-5-3-2-4-19(22)10-13-25-23(28)21-16-24(21)11-14-26(15-12-24)17-18-6-8-20(27)9-7-18/h2-9,21,27H,10-17H2,1H3,(H,25,28)/t21-/m1/s1. The molecule has 0 unspecified atom stereocenters. The number of benzene rings is 2. The van der Waals surface area contributed by atoms with Crippen LogP contribution in [0, 0.1) is 11.3 Å². The minimum atomic E-state index is 0.177. The van der Waals surface area contributed by atoms with Crippen LogP contribution < -0.4 is 10.1 Å². The summed E-state index contributed by atoms with van der Waals surface area (Å²) in [5, 5.41) is 12.6. The molecule has 2 fully saturated rings. The zero-order chi connectivity index (χ0) is 20.3. The summed E-state index contributed by atoms with van der Waals surface area (Å²) in [6.45, 7) is 3.63. The second-order valence-electron chi connectivity index (χ2n) is 8.41. The molecule has 29 heavy (non-hydrogen) atoms. The monoisotopic (exact) mass is 394 g/mol. The Labute approximate surface area is 172 Å². The van der Waals surface area contributed by atoms with Crippen molar-refractivity contribution in [3.05, 3.63) is 59.7 Å². The van der Waals surface area contributed by atoms with Crippen LogP contribution in [0.25, 0.3) is 0 Å². The number of methoxy groups -OCH3 is 1. The lowest BCUT2D eigenvalue weighted by Gasteiger charge is -2.32. The van der Waals surface area contributed by atoms with E-state index in [1.165, 1.54) is 5.56 Å². The van der Waals surface area contributed by atoms with E-state index in [2.05, 4.69) is 10.2 Å². The Morgan fingerprint density at radius 1 is 1.17 bits per heavy atom. The molecule has 1 aliphatic carbocycles. The van der Waals surface area contributed by atoms with Gasteiger partial charge in [-0.25, -0.2) is 0 Å². The zero-order valence-corrected chi connectivity index (χ0v) is 17.1. The Morgan fingerprint density at radius 2 is 1.90 bits per heavy atom. The number of likely N-dealkylation sites (tertiary alicyclic amines) is 1. The molecular formula is C24H30N2O3. The number of carbonyl (C=O) groups excluding carboxylic acids is 1. The van der Waals surface area contributed by atoms with Crippen LogP contribution in [0.4, 0.5) is 0 Å². The van der Waals surface area contributed by atoms with Crippen molar-refractivity contribution < 1.29 is 14.6 Å². The van der Waals surface area contributed by atoms with Crippen molar-refractivity contribution in [1.82, 2.24) is 10.2 Å². The fourth-order valence-corrected chi connectivity index (χ4v) is 4.64. The number of carbonyl (C=O) groups is 1. The van der Waals surface area contributed by atoms with Gasteiger partial charge in [0.15, 0.2) is 0 Å². The third-order valence-corrected chi connectivity index (χ3v) is 6.59. The van der Waals surface area contributed by atoms with Crippen molar-refractivity contribution in [1.29, 1.82) is 0 Å². The molecule has 4 rings (SSSR count). The molecule has 154 valence electrons. The molecule has 1 heterocycles. The minimum Gasteiger partial charge on any atom is -0.508 e. The summed E-state index contributed by atoms with van der Waals surface area (Å²) in [5.74, 6) is 1.58. The van der Waals surface area contributed by atoms with Crippen molar-refractivity contribution in [3.8, 4) is 11.5 Å². The smallest absolute Gasteiger partial charge is 0.223 e. The molecule has 1 amide bonds. The average Bonchev–Trinajstić information content (AvgIpc) is 3.45. The van der Waals surface area contributed by atoms with E-state index in [4.69, 9.17) is 4.74 Å². The maximum absolute atomic E-state index is 12.6. The number of amides is 1. The molecule has 1 saturated heterocycles. The van der Waals surface area contributed by atoms with E-state index in [0.717, 1.165) is 56.6 Å². The van der Waals surface area contributed by atoms with E-state index in [1.807, 2.05) is 36.4 Å². The first kappa shape index (κ1) is 19.8. The van der Waals surface area contributed by atoms with Crippen LogP contribution in [0.5, 0.6) is 11.5 Å². The maximum atomic E-state index is 12.6. The first-order chi connectivity index (χ1) is 14.1. The van der Waals surface area contributed by atoms with E-state index in [1.54, 1.807) is 19.2 Å². The minimum absolute atomic E-state index is 0.177. The number of hydrogen-bond acceptors (Lipinski definition) is 4. The molecule has 1 aliphatic heterocycles. The van der Waals surface area contributed by atoms with Gasteiger partial charge in [-0.2, -0.15) is 0 Å².